The van der Waals surface area contributed by atoms with Crippen molar-refractivity contribution in [2.75, 3.05) is 5.32 Å². The highest BCUT2D eigenvalue weighted by molar-refractivity contribution is 6.36. The molecule has 0 aromatic carbocycles. The molecule has 20 heavy (non-hydrogen) atoms. The van der Waals surface area contributed by atoms with Crippen molar-refractivity contribution in [2.45, 2.75) is 26.4 Å². The van der Waals surface area contributed by atoms with Gasteiger partial charge < -0.3 is 10.1 Å². The smallest absolute Gasteiger partial charge is 0.309 e. The van der Waals surface area contributed by atoms with E-state index in [0.717, 1.165) is 6.42 Å². The third-order valence-corrected chi connectivity index (χ3v) is 3.62. The Bertz CT molecular complexity index is 550. The number of hydrogen-bond acceptors (Lipinski definition) is 4. The minimum Gasteiger partial charge on any atom is -0.452 e. The van der Waals surface area contributed by atoms with Crippen LogP contribution < -0.4 is 5.32 Å². The molecule has 1 fully saturated rings. The molecule has 3 atom stereocenters. The van der Waals surface area contributed by atoms with E-state index >= 15 is 0 Å². The Kier molecular flexibility index (Phi) is 4.50. The van der Waals surface area contributed by atoms with Crippen molar-refractivity contribution in [3.63, 3.8) is 0 Å². The lowest BCUT2D eigenvalue weighted by Crippen LogP contribution is -2.31. The Morgan fingerprint density at radius 2 is 2.15 bits per heavy atom. The highest BCUT2D eigenvalue weighted by Gasteiger charge is 2.41. The molecular formula is C13H14Cl2N2O3. The summed E-state index contributed by atoms with van der Waals surface area (Å²) in [6, 6.07) is 1.47. The van der Waals surface area contributed by atoms with E-state index in [4.69, 9.17) is 27.9 Å². The van der Waals surface area contributed by atoms with Gasteiger partial charge in [-0.15, -0.1) is 0 Å². The Hall–Kier alpha value is -1.33. The van der Waals surface area contributed by atoms with Crippen LogP contribution in [0, 0.1) is 11.8 Å². The molecule has 0 aliphatic heterocycles. The van der Waals surface area contributed by atoms with Crippen LogP contribution in [-0.2, 0) is 14.3 Å². The van der Waals surface area contributed by atoms with E-state index < -0.39 is 12.0 Å². The second kappa shape index (κ2) is 5.97. The summed E-state index contributed by atoms with van der Waals surface area (Å²) in [5.41, 5.74) is 0. The lowest BCUT2D eigenvalue weighted by Gasteiger charge is -2.13. The molecule has 108 valence electrons. The first-order valence-corrected chi connectivity index (χ1v) is 6.96. The SMILES string of the molecule is C[C@H](OC(=O)[C@H]1C[C@H]1C)C(=O)Nc1ncc(Cl)cc1Cl. The minimum atomic E-state index is -0.899. The summed E-state index contributed by atoms with van der Waals surface area (Å²) in [5.74, 6) is -0.380. The lowest BCUT2D eigenvalue weighted by molar-refractivity contribution is -0.154. The number of rotatable bonds is 4. The molecule has 5 nitrogen and oxygen atoms in total. The quantitative estimate of drug-likeness (QED) is 0.867. The van der Waals surface area contributed by atoms with Crippen LogP contribution in [0.5, 0.6) is 0 Å². The van der Waals surface area contributed by atoms with Crippen LogP contribution in [0.1, 0.15) is 20.3 Å². The molecule has 1 aliphatic carbocycles. The molecule has 0 bridgehead atoms. The second-order valence-corrected chi connectivity index (χ2v) is 5.72. The van der Waals surface area contributed by atoms with E-state index in [1.165, 1.54) is 19.2 Å². The van der Waals surface area contributed by atoms with Gasteiger partial charge in [0.1, 0.15) is 0 Å². The van der Waals surface area contributed by atoms with Gasteiger partial charge in [0.15, 0.2) is 11.9 Å². The van der Waals surface area contributed by atoms with Gasteiger partial charge in [0, 0.05) is 6.20 Å². The molecule has 1 heterocycles. The summed E-state index contributed by atoms with van der Waals surface area (Å²) in [5, 5.41) is 3.09. The van der Waals surface area contributed by atoms with Gasteiger partial charge >= 0.3 is 5.97 Å². The molecule has 1 aliphatic rings. The van der Waals surface area contributed by atoms with E-state index in [0.29, 0.717) is 10.9 Å². The number of ether oxygens (including phenoxy) is 1. The number of nitrogens with one attached hydrogen (secondary N) is 1. The maximum atomic E-state index is 11.9. The largest absolute Gasteiger partial charge is 0.452 e. The number of amides is 1. The number of aromatic nitrogens is 1. The fourth-order valence-corrected chi connectivity index (χ4v) is 2.12. The lowest BCUT2D eigenvalue weighted by atomic mass is 10.3. The van der Waals surface area contributed by atoms with E-state index in [9.17, 15) is 9.59 Å². The molecule has 0 radical (unpaired) electrons. The number of carbonyl (C=O) groups excluding carboxylic acids is 2. The van der Waals surface area contributed by atoms with Crippen molar-refractivity contribution in [1.82, 2.24) is 4.98 Å². The number of nitrogens with zero attached hydrogens (tertiary/aromatic N) is 1. The van der Waals surface area contributed by atoms with Crippen molar-refractivity contribution in [1.29, 1.82) is 0 Å². The van der Waals surface area contributed by atoms with Crippen molar-refractivity contribution in [2.24, 2.45) is 11.8 Å². The first-order chi connectivity index (χ1) is 9.38. The van der Waals surface area contributed by atoms with Crippen LogP contribution in [0.3, 0.4) is 0 Å². The molecule has 7 heteroatoms. The molecule has 1 aromatic heterocycles. The molecule has 2 rings (SSSR count). The van der Waals surface area contributed by atoms with Gasteiger partial charge in [-0.1, -0.05) is 30.1 Å². The minimum absolute atomic E-state index is 0.0810. The second-order valence-electron chi connectivity index (χ2n) is 4.87. The molecule has 1 amide bonds. The third-order valence-electron chi connectivity index (χ3n) is 3.12. The molecule has 1 aromatic rings. The predicted molar refractivity (Wildman–Crippen MR) is 75.7 cm³/mol. The maximum absolute atomic E-state index is 11.9. The molecule has 0 saturated heterocycles. The van der Waals surface area contributed by atoms with Crippen LogP contribution in [-0.4, -0.2) is 23.0 Å². The Morgan fingerprint density at radius 1 is 1.50 bits per heavy atom. The van der Waals surface area contributed by atoms with Crippen molar-refractivity contribution < 1.29 is 14.3 Å². The molecule has 0 unspecified atom stereocenters. The number of carbonyl (C=O) groups is 2. The number of hydrogen-bond donors (Lipinski definition) is 1. The van der Waals surface area contributed by atoms with Crippen LogP contribution in [0.15, 0.2) is 12.3 Å². The van der Waals surface area contributed by atoms with Gasteiger partial charge in [-0.2, -0.15) is 0 Å². The average molecular weight is 317 g/mol. The zero-order valence-corrected chi connectivity index (χ0v) is 12.5. The topological polar surface area (TPSA) is 68.3 Å². The zero-order valence-electron chi connectivity index (χ0n) is 11.0. The summed E-state index contributed by atoms with van der Waals surface area (Å²) in [6.45, 7) is 3.47. The standard InChI is InChI=1S/C13H14Cl2N2O3/c1-6-3-9(6)13(19)20-7(2)12(18)17-11-10(15)4-8(14)5-16-11/h4-7,9H,3H2,1-2H3,(H,16,17,18)/t6-,7+,9+/m1/s1. The fourth-order valence-electron chi connectivity index (χ4n) is 1.69. The normalized spacial score (nSPS) is 22.0. The van der Waals surface area contributed by atoms with E-state index in [2.05, 4.69) is 10.3 Å². The summed E-state index contributed by atoms with van der Waals surface area (Å²) in [6.07, 6.45) is 1.28. The van der Waals surface area contributed by atoms with Crippen LogP contribution in [0.2, 0.25) is 10.0 Å². The van der Waals surface area contributed by atoms with Gasteiger partial charge in [-0.05, 0) is 25.3 Å². The van der Waals surface area contributed by atoms with Crippen molar-refractivity contribution in [3.8, 4) is 0 Å². The Labute approximate surface area is 126 Å². The van der Waals surface area contributed by atoms with E-state index in [1.807, 2.05) is 6.92 Å². The number of anilines is 1. The van der Waals surface area contributed by atoms with Gasteiger partial charge in [-0.25, -0.2) is 4.98 Å². The van der Waals surface area contributed by atoms with Crippen molar-refractivity contribution in [3.05, 3.63) is 22.3 Å². The predicted octanol–water partition coefficient (Wildman–Crippen LogP) is 2.91. The van der Waals surface area contributed by atoms with Gasteiger partial charge in [0.05, 0.1) is 16.0 Å². The molecular weight excluding hydrogens is 303 g/mol. The third kappa shape index (κ3) is 3.61. The summed E-state index contributed by atoms with van der Waals surface area (Å²) in [4.78, 5) is 27.4. The highest BCUT2D eigenvalue weighted by atomic mass is 35.5. The number of pyridine rings is 1. The molecule has 1 N–H and O–H groups in total. The van der Waals surface area contributed by atoms with Gasteiger partial charge in [0.2, 0.25) is 0 Å². The van der Waals surface area contributed by atoms with E-state index in [-0.39, 0.29) is 22.7 Å². The Morgan fingerprint density at radius 3 is 2.70 bits per heavy atom. The highest BCUT2D eigenvalue weighted by Crippen LogP contribution is 2.38. The number of halogens is 2. The average Bonchev–Trinajstić information content (AvgIpc) is 3.10. The summed E-state index contributed by atoms with van der Waals surface area (Å²) < 4.78 is 5.09. The van der Waals surface area contributed by atoms with Crippen LogP contribution in [0.4, 0.5) is 5.82 Å². The van der Waals surface area contributed by atoms with Gasteiger partial charge in [-0.3, -0.25) is 9.59 Å². The van der Waals surface area contributed by atoms with Gasteiger partial charge in [0.25, 0.3) is 5.91 Å². The summed E-state index contributed by atoms with van der Waals surface area (Å²) >= 11 is 11.6. The van der Waals surface area contributed by atoms with Crippen molar-refractivity contribution >= 4 is 40.9 Å². The van der Waals surface area contributed by atoms with Crippen LogP contribution >= 0.6 is 23.2 Å². The van der Waals surface area contributed by atoms with Crippen LogP contribution in [0.25, 0.3) is 0 Å². The Balaban J connectivity index is 1.92. The first kappa shape index (κ1) is 15.1. The fraction of sp³-hybridized carbons (Fsp3) is 0.462. The number of esters is 1. The van der Waals surface area contributed by atoms with E-state index in [1.54, 1.807) is 0 Å². The molecule has 0 spiro atoms. The molecule has 1 saturated carbocycles. The monoisotopic (exact) mass is 316 g/mol. The summed E-state index contributed by atoms with van der Waals surface area (Å²) in [7, 11) is 0. The zero-order chi connectivity index (χ0) is 14.9. The first-order valence-electron chi connectivity index (χ1n) is 6.21. The maximum Gasteiger partial charge on any atom is 0.309 e.